The van der Waals surface area contributed by atoms with Crippen LogP contribution < -0.4 is 5.73 Å². The number of alkyl halides is 1. The van der Waals surface area contributed by atoms with E-state index in [-0.39, 0.29) is 41.3 Å². The van der Waals surface area contributed by atoms with Gasteiger partial charge in [-0.15, -0.1) is 22.9 Å². The molecule has 0 aromatic carbocycles. The van der Waals surface area contributed by atoms with Crippen LogP contribution >= 0.6 is 22.9 Å². The SMILES string of the molecule is NC(=O)c1sc(-c2ncncc2F)cc1[C@@H](C(=O)N1C[C@H](Cl)[C@H]2OCC(=O)[C@H]21)C1CCCCC1. The second-order valence-corrected chi connectivity index (χ2v) is 10.7. The predicted octanol–water partition coefficient (Wildman–Crippen LogP) is 2.89. The molecule has 1 saturated carbocycles. The van der Waals surface area contributed by atoms with E-state index in [0.717, 1.165) is 49.6 Å². The number of thiophene rings is 1. The molecule has 2 aromatic heterocycles. The van der Waals surface area contributed by atoms with Crippen LogP contribution in [0.5, 0.6) is 0 Å². The molecule has 0 unspecified atom stereocenters. The van der Waals surface area contributed by atoms with Crippen molar-refractivity contribution in [1.82, 2.24) is 14.9 Å². The van der Waals surface area contributed by atoms with E-state index in [1.807, 2.05) is 0 Å². The van der Waals surface area contributed by atoms with Gasteiger partial charge in [-0.05, 0) is 30.4 Å². The number of primary amides is 1. The Labute approximate surface area is 204 Å². The van der Waals surface area contributed by atoms with Crippen molar-refractivity contribution in [3.8, 4) is 10.6 Å². The maximum absolute atomic E-state index is 14.4. The maximum Gasteiger partial charge on any atom is 0.259 e. The largest absolute Gasteiger partial charge is 0.366 e. The van der Waals surface area contributed by atoms with E-state index in [2.05, 4.69) is 9.97 Å². The highest BCUT2D eigenvalue weighted by molar-refractivity contribution is 7.17. The number of nitrogens with zero attached hydrogens (tertiary/aromatic N) is 3. The Kier molecular flexibility index (Phi) is 6.39. The van der Waals surface area contributed by atoms with Crippen molar-refractivity contribution in [2.45, 2.75) is 55.5 Å². The number of carbonyl (C=O) groups excluding carboxylic acids is 3. The summed E-state index contributed by atoms with van der Waals surface area (Å²) in [6.07, 6.45) is 6.35. The number of ether oxygens (including phenoxy) is 1. The minimum atomic E-state index is -0.726. The highest BCUT2D eigenvalue weighted by Crippen LogP contribution is 2.44. The van der Waals surface area contributed by atoms with Crippen LogP contribution in [0.1, 0.15) is 53.3 Å². The van der Waals surface area contributed by atoms with Gasteiger partial charge in [-0.25, -0.2) is 14.4 Å². The molecular weight excluding hydrogens is 483 g/mol. The summed E-state index contributed by atoms with van der Waals surface area (Å²) in [4.78, 5) is 48.9. The lowest BCUT2D eigenvalue weighted by molar-refractivity contribution is -0.139. The van der Waals surface area contributed by atoms with Gasteiger partial charge in [0.05, 0.1) is 27.2 Å². The molecule has 2 aliphatic heterocycles. The van der Waals surface area contributed by atoms with E-state index in [1.54, 1.807) is 6.07 Å². The Balaban J connectivity index is 1.59. The topological polar surface area (TPSA) is 115 Å². The van der Waals surface area contributed by atoms with Crippen molar-refractivity contribution in [2.75, 3.05) is 13.2 Å². The van der Waals surface area contributed by atoms with E-state index in [4.69, 9.17) is 22.1 Å². The van der Waals surface area contributed by atoms with Crippen molar-refractivity contribution in [2.24, 2.45) is 11.7 Å². The fourth-order valence-corrected chi connectivity index (χ4v) is 6.91. The van der Waals surface area contributed by atoms with Crippen molar-refractivity contribution in [1.29, 1.82) is 0 Å². The molecule has 8 nitrogen and oxygen atoms in total. The normalized spacial score (nSPS) is 26.0. The number of fused-ring (bicyclic) bond motifs is 1. The van der Waals surface area contributed by atoms with E-state index in [9.17, 15) is 18.8 Å². The molecule has 4 heterocycles. The van der Waals surface area contributed by atoms with Gasteiger partial charge in [-0.2, -0.15) is 0 Å². The number of Topliss-reactive ketones (excluding diaryl/α,β-unsaturated/α-hetero) is 1. The molecule has 0 bridgehead atoms. The number of nitrogens with two attached hydrogens (primary N) is 1. The average Bonchev–Trinajstić information content (AvgIpc) is 3.51. The molecule has 34 heavy (non-hydrogen) atoms. The average molecular weight is 507 g/mol. The lowest BCUT2D eigenvalue weighted by Crippen LogP contribution is -2.46. The first-order valence-electron chi connectivity index (χ1n) is 11.3. The fourth-order valence-electron chi connectivity index (χ4n) is 5.50. The zero-order valence-corrected chi connectivity index (χ0v) is 19.9. The molecule has 2 saturated heterocycles. The van der Waals surface area contributed by atoms with Gasteiger partial charge in [0.25, 0.3) is 5.91 Å². The summed E-state index contributed by atoms with van der Waals surface area (Å²) < 4.78 is 20.0. The summed E-state index contributed by atoms with van der Waals surface area (Å²) in [5, 5.41) is -0.490. The minimum absolute atomic E-state index is 0.0395. The Bertz CT molecular complexity index is 1140. The monoisotopic (exact) mass is 506 g/mol. The maximum atomic E-state index is 14.4. The number of ketones is 1. The van der Waals surface area contributed by atoms with Gasteiger partial charge in [0.1, 0.15) is 30.8 Å². The predicted molar refractivity (Wildman–Crippen MR) is 123 cm³/mol. The molecule has 3 aliphatic rings. The van der Waals surface area contributed by atoms with Crippen molar-refractivity contribution in [3.63, 3.8) is 0 Å². The third-order valence-electron chi connectivity index (χ3n) is 7.01. The number of hydrogen-bond acceptors (Lipinski definition) is 7. The summed E-state index contributed by atoms with van der Waals surface area (Å²) in [5.41, 5.74) is 6.23. The van der Waals surface area contributed by atoms with Gasteiger partial charge in [0.15, 0.2) is 11.6 Å². The van der Waals surface area contributed by atoms with E-state index < -0.39 is 35.2 Å². The lowest BCUT2D eigenvalue weighted by atomic mass is 9.76. The summed E-state index contributed by atoms with van der Waals surface area (Å²) in [7, 11) is 0. The first-order chi connectivity index (χ1) is 16.4. The Morgan fingerprint density at radius 1 is 1.29 bits per heavy atom. The smallest absolute Gasteiger partial charge is 0.259 e. The molecule has 2 N–H and O–H groups in total. The van der Waals surface area contributed by atoms with Gasteiger partial charge in [0.2, 0.25) is 5.91 Å². The fraction of sp³-hybridized carbons (Fsp3) is 0.522. The molecule has 2 aromatic rings. The van der Waals surface area contributed by atoms with Crippen LogP contribution in [-0.4, -0.2) is 63.1 Å². The van der Waals surface area contributed by atoms with E-state index >= 15 is 0 Å². The second-order valence-electron chi connectivity index (χ2n) is 9.05. The Hall–Kier alpha value is -2.43. The number of aromatic nitrogens is 2. The lowest BCUT2D eigenvalue weighted by Gasteiger charge is -2.34. The van der Waals surface area contributed by atoms with Crippen molar-refractivity contribution < 1.29 is 23.5 Å². The molecule has 2 amide bonds. The Morgan fingerprint density at radius 3 is 2.76 bits per heavy atom. The number of halogens is 2. The number of hydrogen-bond donors (Lipinski definition) is 1. The summed E-state index contributed by atoms with van der Waals surface area (Å²) in [6, 6.07) is 0.919. The highest BCUT2D eigenvalue weighted by Gasteiger charge is 2.53. The third kappa shape index (κ3) is 4.01. The van der Waals surface area contributed by atoms with E-state index in [0.29, 0.717) is 10.4 Å². The first-order valence-corrected chi connectivity index (χ1v) is 12.6. The second kappa shape index (κ2) is 9.31. The summed E-state index contributed by atoms with van der Waals surface area (Å²) in [6.45, 7) is 0.118. The molecule has 0 spiro atoms. The van der Waals surface area contributed by atoms with Crippen LogP contribution in [-0.2, 0) is 14.3 Å². The van der Waals surface area contributed by atoms with Crippen LogP contribution in [0.2, 0.25) is 0 Å². The van der Waals surface area contributed by atoms with Crippen LogP contribution in [0.25, 0.3) is 10.6 Å². The molecule has 5 rings (SSSR count). The zero-order valence-electron chi connectivity index (χ0n) is 18.3. The molecule has 1 aliphatic carbocycles. The molecular formula is C23H24ClFN4O4S. The van der Waals surface area contributed by atoms with Crippen molar-refractivity contribution >= 4 is 40.5 Å². The number of rotatable bonds is 5. The summed E-state index contributed by atoms with van der Waals surface area (Å²) in [5.74, 6) is -2.50. The minimum Gasteiger partial charge on any atom is -0.366 e. The van der Waals surface area contributed by atoms with Crippen molar-refractivity contribution in [3.05, 3.63) is 34.8 Å². The zero-order chi connectivity index (χ0) is 24.0. The molecule has 3 fully saturated rings. The number of likely N-dealkylation sites (tertiary alicyclic amines) is 1. The van der Waals surface area contributed by atoms with Crippen LogP contribution in [0.4, 0.5) is 4.39 Å². The van der Waals surface area contributed by atoms with Crippen LogP contribution in [0.15, 0.2) is 18.6 Å². The van der Waals surface area contributed by atoms with Crippen LogP contribution in [0, 0.1) is 11.7 Å². The van der Waals surface area contributed by atoms with E-state index in [1.165, 1.54) is 11.2 Å². The van der Waals surface area contributed by atoms with Gasteiger partial charge in [-0.1, -0.05) is 19.3 Å². The standard InChI is InChI=1S/C23H24ClFN4O4S/c24-13-8-29(19-15(30)9-33-20(13)19)23(32)17(11-4-2-1-3-5-11)12-6-16(34-21(12)22(26)31)18-14(25)7-27-10-28-18/h6-7,10-11,13,17,19-20H,1-5,8-9H2,(H2,26,31)/t13-,17-,19+,20+/m0/s1. The molecule has 11 heteroatoms. The van der Waals surface area contributed by atoms with Gasteiger partial charge < -0.3 is 15.4 Å². The summed E-state index contributed by atoms with van der Waals surface area (Å²) >= 11 is 7.45. The number of amides is 2. The molecule has 180 valence electrons. The van der Waals surface area contributed by atoms with Crippen LogP contribution in [0.3, 0.4) is 0 Å². The highest BCUT2D eigenvalue weighted by atomic mass is 35.5. The third-order valence-corrected chi connectivity index (χ3v) is 8.57. The molecule has 0 radical (unpaired) electrons. The first kappa shape index (κ1) is 23.3. The van der Waals surface area contributed by atoms with Gasteiger partial charge >= 0.3 is 0 Å². The van der Waals surface area contributed by atoms with Gasteiger partial charge in [-0.3, -0.25) is 14.4 Å². The van der Waals surface area contributed by atoms with Gasteiger partial charge in [0, 0.05) is 6.54 Å². The Morgan fingerprint density at radius 2 is 2.06 bits per heavy atom. The molecule has 4 atom stereocenters. The number of carbonyl (C=O) groups is 3. The quantitative estimate of drug-likeness (QED) is 0.623.